The van der Waals surface area contributed by atoms with E-state index >= 15 is 0 Å². The van der Waals surface area contributed by atoms with Gasteiger partial charge in [0.15, 0.2) is 0 Å². The summed E-state index contributed by atoms with van der Waals surface area (Å²) in [6.07, 6.45) is 3.87. The van der Waals surface area contributed by atoms with Gasteiger partial charge in [0, 0.05) is 21.6 Å². The number of aromatic nitrogens is 1. The second kappa shape index (κ2) is 6.05. The molecule has 3 nitrogen and oxygen atoms in total. The molecule has 0 spiro atoms. The van der Waals surface area contributed by atoms with Gasteiger partial charge in [-0.1, -0.05) is 29.3 Å². The monoisotopic (exact) mass is 309 g/mol. The van der Waals surface area contributed by atoms with E-state index in [9.17, 15) is 4.79 Å². The molecule has 0 saturated heterocycles. The summed E-state index contributed by atoms with van der Waals surface area (Å²) in [5, 5.41) is 1.12. The minimum absolute atomic E-state index is 0.177. The van der Waals surface area contributed by atoms with E-state index in [4.69, 9.17) is 4.74 Å². The SMILES string of the molecule is CCCCOC(=O)Cn1ccc2cc(Br)ccc21. The molecule has 0 N–H and O–H groups in total. The first kappa shape index (κ1) is 13.1. The molecule has 0 amide bonds. The zero-order chi connectivity index (χ0) is 13.0. The van der Waals surface area contributed by atoms with Crippen LogP contribution in [0, 0.1) is 0 Å². The van der Waals surface area contributed by atoms with Gasteiger partial charge in [-0.05, 0) is 30.7 Å². The van der Waals surface area contributed by atoms with Crippen LogP contribution in [0.5, 0.6) is 0 Å². The largest absolute Gasteiger partial charge is 0.464 e. The third-order valence-electron chi connectivity index (χ3n) is 2.79. The number of fused-ring (bicyclic) bond motifs is 1. The van der Waals surface area contributed by atoms with Crippen molar-refractivity contribution in [3.63, 3.8) is 0 Å². The Balaban J connectivity index is 2.05. The summed E-state index contributed by atoms with van der Waals surface area (Å²) in [5.41, 5.74) is 1.05. The summed E-state index contributed by atoms with van der Waals surface area (Å²) >= 11 is 3.43. The van der Waals surface area contributed by atoms with Crippen molar-refractivity contribution in [1.29, 1.82) is 0 Å². The molecular formula is C14H16BrNO2. The average Bonchev–Trinajstić information content (AvgIpc) is 2.72. The predicted octanol–water partition coefficient (Wildman–Crippen LogP) is 3.75. The second-order valence-electron chi connectivity index (χ2n) is 4.22. The summed E-state index contributed by atoms with van der Waals surface area (Å²) in [7, 11) is 0. The topological polar surface area (TPSA) is 31.2 Å². The zero-order valence-corrected chi connectivity index (χ0v) is 11.9. The Morgan fingerprint density at radius 1 is 1.39 bits per heavy atom. The molecule has 2 rings (SSSR count). The maximum atomic E-state index is 11.6. The standard InChI is InChI=1S/C14H16BrNO2/c1-2-3-8-18-14(17)10-16-7-6-11-9-12(15)4-5-13(11)16/h4-7,9H,2-3,8,10H2,1H3. The number of nitrogens with zero attached hydrogens (tertiary/aromatic N) is 1. The van der Waals surface area contributed by atoms with Crippen LogP contribution in [0.4, 0.5) is 0 Å². The number of carbonyl (C=O) groups is 1. The molecule has 0 fully saturated rings. The van der Waals surface area contributed by atoms with Gasteiger partial charge in [-0.15, -0.1) is 0 Å². The first-order valence-electron chi connectivity index (χ1n) is 6.10. The second-order valence-corrected chi connectivity index (χ2v) is 5.14. The molecule has 1 heterocycles. The van der Waals surface area contributed by atoms with Gasteiger partial charge in [-0.3, -0.25) is 4.79 Å². The van der Waals surface area contributed by atoms with Crippen molar-refractivity contribution in [3.8, 4) is 0 Å². The molecule has 0 aliphatic heterocycles. The average molecular weight is 310 g/mol. The van der Waals surface area contributed by atoms with Crippen LogP contribution in [-0.2, 0) is 16.1 Å². The van der Waals surface area contributed by atoms with Crippen molar-refractivity contribution < 1.29 is 9.53 Å². The maximum absolute atomic E-state index is 11.6. The smallest absolute Gasteiger partial charge is 0.325 e. The fourth-order valence-electron chi connectivity index (χ4n) is 1.82. The molecule has 96 valence electrons. The number of carbonyl (C=O) groups excluding carboxylic acids is 1. The molecule has 2 aromatic rings. The van der Waals surface area contributed by atoms with Crippen molar-refractivity contribution in [2.24, 2.45) is 0 Å². The number of unbranched alkanes of at least 4 members (excludes halogenated alkanes) is 1. The van der Waals surface area contributed by atoms with E-state index in [0.717, 1.165) is 28.2 Å². The lowest BCUT2D eigenvalue weighted by atomic mass is 10.2. The Morgan fingerprint density at radius 3 is 3.00 bits per heavy atom. The minimum atomic E-state index is -0.177. The molecule has 0 atom stereocenters. The Kier molecular flexibility index (Phi) is 4.42. The van der Waals surface area contributed by atoms with Gasteiger partial charge in [-0.2, -0.15) is 0 Å². The van der Waals surface area contributed by atoms with Crippen LogP contribution in [0.15, 0.2) is 34.9 Å². The fourth-order valence-corrected chi connectivity index (χ4v) is 2.20. The van der Waals surface area contributed by atoms with E-state index in [1.54, 1.807) is 0 Å². The zero-order valence-electron chi connectivity index (χ0n) is 10.4. The summed E-state index contributed by atoms with van der Waals surface area (Å²) in [6, 6.07) is 8.01. The van der Waals surface area contributed by atoms with Gasteiger partial charge >= 0.3 is 5.97 Å². The molecule has 0 bridgehead atoms. The Morgan fingerprint density at radius 2 is 2.22 bits per heavy atom. The number of hydrogen-bond acceptors (Lipinski definition) is 2. The van der Waals surface area contributed by atoms with Crippen LogP contribution in [0.1, 0.15) is 19.8 Å². The molecule has 1 aromatic carbocycles. The van der Waals surface area contributed by atoms with Gasteiger partial charge in [0.25, 0.3) is 0 Å². The van der Waals surface area contributed by atoms with Crippen molar-refractivity contribution in [1.82, 2.24) is 4.57 Å². The molecule has 0 aliphatic carbocycles. The third kappa shape index (κ3) is 3.13. The number of benzene rings is 1. The van der Waals surface area contributed by atoms with E-state index < -0.39 is 0 Å². The molecule has 0 aliphatic rings. The Labute approximate surface area is 115 Å². The number of hydrogen-bond donors (Lipinski definition) is 0. The van der Waals surface area contributed by atoms with Crippen molar-refractivity contribution in [3.05, 3.63) is 34.9 Å². The fraction of sp³-hybridized carbons (Fsp3) is 0.357. The summed E-state index contributed by atoms with van der Waals surface area (Å²) in [5.74, 6) is -0.177. The van der Waals surface area contributed by atoms with Crippen LogP contribution >= 0.6 is 15.9 Å². The number of halogens is 1. The van der Waals surface area contributed by atoms with Gasteiger partial charge in [0.05, 0.1) is 6.61 Å². The van der Waals surface area contributed by atoms with Crippen LogP contribution in [0.25, 0.3) is 10.9 Å². The van der Waals surface area contributed by atoms with Crippen molar-refractivity contribution in [2.75, 3.05) is 6.61 Å². The number of rotatable bonds is 5. The predicted molar refractivity (Wildman–Crippen MR) is 75.5 cm³/mol. The molecular weight excluding hydrogens is 294 g/mol. The van der Waals surface area contributed by atoms with Crippen LogP contribution in [0.3, 0.4) is 0 Å². The van der Waals surface area contributed by atoms with Crippen molar-refractivity contribution in [2.45, 2.75) is 26.3 Å². The third-order valence-corrected chi connectivity index (χ3v) is 3.29. The van der Waals surface area contributed by atoms with Crippen LogP contribution in [-0.4, -0.2) is 17.1 Å². The van der Waals surface area contributed by atoms with Gasteiger partial charge in [0.2, 0.25) is 0 Å². The lowest BCUT2D eigenvalue weighted by molar-refractivity contribution is -0.144. The molecule has 0 unspecified atom stereocenters. The first-order chi connectivity index (χ1) is 8.70. The van der Waals surface area contributed by atoms with Gasteiger partial charge in [-0.25, -0.2) is 0 Å². The first-order valence-corrected chi connectivity index (χ1v) is 6.90. The van der Waals surface area contributed by atoms with Crippen molar-refractivity contribution >= 4 is 32.8 Å². The summed E-state index contributed by atoms with van der Waals surface area (Å²) in [4.78, 5) is 11.6. The molecule has 0 saturated carbocycles. The van der Waals surface area contributed by atoms with Crippen LogP contribution in [0.2, 0.25) is 0 Å². The van der Waals surface area contributed by atoms with Crippen LogP contribution < -0.4 is 0 Å². The van der Waals surface area contributed by atoms with Gasteiger partial charge < -0.3 is 9.30 Å². The molecule has 4 heteroatoms. The summed E-state index contributed by atoms with van der Waals surface area (Å²) in [6.45, 7) is 2.86. The van der Waals surface area contributed by atoms with E-state index in [-0.39, 0.29) is 12.5 Å². The van der Waals surface area contributed by atoms with Gasteiger partial charge in [0.1, 0.15) is 6.54 Å². The normalized spacial score (nSPS) is 10.8. The lowest BCUT2D eigenvalue weighted by Crippen LogP contribution is -2.13. The highest BCUT2D eigenvalue weighted by molar-refractivity contribution is 9.10. The summed E-state index contributed by atoms with van der Waals surface area (Å²) < 4.78 is 8.11. The molecule has 1 aromatic heterocycles. The highest BCUT2D eigenvalue weighted by Crippen LogP contribution is 2.20. The quantitative estimate of drug-likeness (QED) is 0.622. The number of ether oxygens (including phenoxy) is 1. The Hall–Kier alpha value is -1.29. The van der Waals surface area contributed by atoms with E-state index in [0.29, 0.717) is 6.61 Å². The highest BCUT2D eigenvalue weighted by atomic mass is 79.9. The number of esters is 1. The minimum Gasteiger partial charge on any atom is -0.464 e. The highest BCUT2D eigenvalue weighted by Gasteiger charge is 2.07. The van der Waals surface area contributed by atoms with E-state index in [2.05, 4.69) is 22.9 Å². The molecule has 18 heavy (non-hydrogen) atoms. The Bertz CT molecular complexity index is 548. The maximum Gasteiger partial charge on any atom is 0.325 e. The lowest BCUT2D eigenvalue weighted by Gasteiger charge is -2.06. The van der Waals surface area contributed by atoms with E-state index in [1.165, 1.54) is 0 Å². The molecule has 0 radical (unpaired) electrons. The van der Waals surface area contributed by atoms with E-state index in [1.807, 2.05) is 35.0 Å².